The summed E-state index contributed by atoms with van der Waals surface area (Å²) >= 11 is 0. The van der Waals surface area contributed by atoms with Crippen molar-refractivity contribution in [2.45, 2.75) is 39.3 Å². The van der Waals surface area contributed by atoms with E-state index in [1.165, 1.54) is 0 Å². The molecule has 18 heavy (non-hydrogen) atoms. The maximum absolute atomic E-state index is 12.6. The Morgan fingerprint density at radius 1 is 1.39 bits per heavy atom. The minimum absolute atomic E-state index is 0.0641. The third-order valence-corrected chi connectivity index (χ3v) is 4.15. The van der Waals surface area contributed by atoms with Crippen molar-refractivity contribution in [3.8, 4) is 0 Å². The van der Waals surface area contributed by atoms with Crippen molar-refractivity contribution in [2.24, 2.45) is 11.3 Å². The van der Waals surface area contributed by atoms with Gasteiger partial charge in [0.25, 0.3) is 0 Å². The summed E-state index contributed by atoms with van der Waals surface area (Å²) in [5, 5.41) is 8.67. The van der Waals surface area contributed by atoms with E-state index in [1.54, 1.807) is 4.90 Å². The lowest BCUT2D eigenvalue weighted by molar-refractivity contribution is -0.196. The minimum Gasteiger partial charge on any atom is -0.481 e. The zero-order chi connectivity index (χ0) is 14.0. The van der Waals surface area contributed by atoms with Gasteiger partial charge in [0.15, 0.2) is 5.92 Å². The van der Waals surface area contributed by atoms with Gasteiger partial charge in [-0.05, 0) is 31.2 Å². The lowest BCUT2D eigenvalue weighted by Gasteiger charge is -2.28. The van der Waals surface area contributed by atoms with E-state index in [-0.39, 0.29) is 5.41 Å². The van der Waals surface area contributed by atoms with Crippen LogP contribution in [0.3, 0.4) is 0 Å². The molecule has 1 aliphatic rings. The molecule has 0 aromatic carbocycles. The first-order valence-corrected chi connectivity index (χ1v) is 6.26. The summed E-state index contributed by atoms with van der Waals surface area (Å²) < 4.78 is 37.7. The molecule has 0 bridgehead atoms. The topological polar surface area (TPSA) is 40.5 Å². The fourth-order valence-corrected chi connectivity index (χ4v) is 2.59. The van der Waals surface area contributed by atoms with Crippen LogP contribution in [-0.4, -0.2) is 41.8 Å². The number of carboxylic acids is 1. The summed E-state index contributed by atoms with van der Waals surface area (Å²) in [6.07, 6.45) is -1.98. The summed E-state index contributed by atoms with van der Waals surface area (Å²) in [6.45, 7) is 4.76. The van der Waals surface area contributed by atoms with Crippen LogP contribution in [0.4, 0.5) is 13.2 Å². The number of carbonyl (C=O) groups is 1. The van der Waals surface area contributed by atoms with E-state index in [1.807, 2.05) is 13.8 Å². The van der Waals surface area contributed by atoms with Crippen molar-refractivity contribution >= 4 is 5.97 Å². The Hall–Kier alpha value is -0.780. The van der Waals surface area contributed by atoms with Gasteiger partial charge < -0.3 is 10.0 Å². The number of hydrogen-bond acceptors (Lipinski definition) is 2. The standard InChI is InChI=1S/C12H20F3NO2/c1-3-11(4-2)5-6-16(8-11)7-9(10(17)18)12(13,14)15/h9H,3-8H2,1-2H3,(H,17,18). The molecule has 6 heteroatoms. The molecule has 0 spiro atoms. The molecule has 1 saturated heterocycles. The summed E-state index contributed by atoms with van der Waals surface area (Å²) in [6, 6.07) is 0. The van der Waals surface area contributed by atoms with Gasteiger partial charge in [0.05, 0.1) is 0 Å². The maximum Gasteiger partial charge on any atom is 0.403 e. The van der Waals surface area contributed by atoms with Gasteiger partial charge in [0.1, 0.15) is 0 Å². The van der Waals surface area contributed by atoms with Crippen LogP contribution < -0.4 is 0 Å². The Labute approximate surface area is 105 Å². The summed E-state index contributed by atoms with van der Waals surface area (Å²) in [5.41, 5.74) is 0.0641. The fraction of sp³-hybridized carbons (Fsp3) is 0.917. The fourth-order valence-electron chi connectivity index (χ4n) is 2.59. The van der Waals surface area contributed by atoms with Crippen molar-refractivity contribution in [1.29, 1.82) is 0 Å². The molecule has 1 unspecified atom stereocenters. The second-order valence-electron chi connectivity index (χ2n) is 5.12. The highest BCUT2D eigenvalue weighted by molar-refractivity contribution is 5.71. The van der Waals surface area contributed by atoms with Crippen molar-refractivity contribution in [1.82, 2.24) is 4.90 Å². The van der Waals surface area contributed by atoms with Gasteiger partial charge in [0, 0.05) is 13.1 Å². The van der Waals surface area contributed by atoms with Crippen LogP contribution in [0, 0.1) is 11.3 Å². The predicted octanol–water partition coefficient (Wildman–Crippen LogP) is 2.76. The molecule has 0 aromatic rings. The summed E-state index contributed by atoms with van der Waals surface area (Å²) in [4.78, 5) is 12.3. The molecular formula is C12H20F3NO2. The van der Waals surface area contributed by atoms with E-state index in [9.17, 15) is 18.0 Å². The second-order valence-corrected chi connectivity index (χ2v) is 5.12. The smallest absolute Gasteiger partial charge is 0.403 e. The first-order chi connectivity index (χ1) is 8.24. The van der Waals surface area contributed by atoms with Crippen LogP contribution >= 0.6 is 0 Å². The lowest BCUT2D eigenvalue weighted by Crippen LogP contribution is -2.41. The number of aliphatic carboxylic acids is 1. The normalized spacial score (nSPS) is 22.1. The molecule has 1 rings (SSSR count). The first kappa shape index (κ1) is 15.3. The van der Waals surface area contributed by atoms with Crippen LogP contribution in [0.5, 0.6) is 0 Å². The van der Waals surface area contributed by atoms with Gasteiger partial charge >= 0.3 is 12.1 Å². The van der Waals surface area contributed by atoms with Crippen LogP contribution in [0.25, 0.3) is 0 Å². The SMILES string of the molecule is CCC1(CC)CCN(CC(C(=O)O)C(F)(F)F)C1. The molecule has 1 aliphatic heterocycles. The van der Waals surface area contributed by atoms with Crippen LogP contribution in [0.2, 0.25) is 0 Å². The average Bonchev–Trinajstić information content (AvgIpc) is 2.68. The van der Waals surface area contributed by atoms with E-state index in [4.69, 9.17) is 5.11 Å². The molecule has 1 atom stereocenters. The molecule has 0 aromatic heterocycles. The van der Waals surface area contributed by atoms with E-state index in [0.29, 0.717) is 13.1 Å². The zero-order valence-electron chi connectivity index (χ0n) is 10.8. The minimum atomic E-state index is -4.67. The van der Waals surface area contributed by atoms with Gasteiger partial charge in [-0.3, -0.25) is 4.79 Å². The van der Waals surface area contributed by atoms with E-state index in [2.05, 4.69) is 0 Å². The molecular weight excluding hydrogens is 247 g/mol. The number of alkyl halides is 3. The van der Waals surface area contributed by atoms with Crippen molar-refractivity contribution in [2.75, 3.05) is 19.6 Å². The first-order valence-electron chi connectivity index (χ1n) is 6.26. The molecule has 1 N–H and O–H groups in total. The Morgan fingerprint density at radius 3 is 2.28 bits per heavy atom. The largest absolute Gasteiger partial charge is 0.481 e. The molecule has 0 amide bonds. The lowest BCUT2D eigenvalue weighted by atomic mass is 9.82. The monoisotopic (exact) mass is 267 g/mol. The third kappa shape index (κ3) is 3.37. The van der Waals surface area contributed by atoms with E-state index in [0.717, 1.165) is 19.3 Å². The molecule has 0 aliphatic carbocycles. The number of carboxylic acid groups (broad SMARTS) is 1. The van der Waals surface area contributed by atoms with Crippen LogP contribution in [0.1, 0.15) is 33.1 Å². The molecule has 0 saturated carbocycles. The van der Waals surface area contributed by atoms with E-state index < -0.39 is 24.6 Å². The number of rotatable bonds is 5. The Bertz CT molecular complexity index is 300. The maximum atomic E-state index is 12.6. The number of likely N-dealkylation sites (tertiary alicyclic amines) is 1. The molecule has 1 heterocycles. The highest BCUT2D eigenvalue weighted by atomic mass is 19.4. The van der Waals surface area contributed by atoms with Gasteiger partial charge in [-0.2, -0.15) is 13.2 Å². The van der Waals surface area contributed by atoms with Crippen LogP contribution in [0.15, 0.2) is 0 Å². The number of hydrogen-bond donors (Lipinski definition) is 1. The average molecular weight is 267 g/mol. The van der Waals surface area contributed by atoms with Gasteiger partial charge in [-0.1, -0.05) is 13.8 Å². The highest BCUT2D eigenvalue weighted by Crippen LogP contribution is 2.38. The Balaban J connectivity index is 2.66. The van der Waals surface area contributed by atoms with Gasteiger partial charge in [-0.25, -0.2) is 0 Å². The number of halogens is 3. The molecule has 3 nitrogen and oxygen atoms in total. The summed E-state index contributed by atoms with van der Waals surface area (Å²) in [5.74, 6) is -4.06. The van der Waals surface area contributed by atoms with Crippen LogP contribution in [-0.2, 0) is 4.79 Å². The highest BCUT2D eigenvalue weighted by Gasteiger charge is 2.47. The second kappa shape index (κ2) is 5.47. The van der Waals surface area contributed by atoms with Gasteiger partial charge in [0.2, 0.25) is 0 Å². The Kier molecular flexibility index (Phi) is 4.64. The predicted molar refractivity (Wildman–Crippen MR) is 61.3 cm³/mol. The third-order valence-electron chi connectivity index (χ3n) is 4.15. The summed E-state index contributed by atoms with van der Waals surface area (Å²) in [7, 11) is 0. The van der Waals surface area contributed by atoms with E-state index >= 15 is 0 Å². The zero-order valence-corrected chi connectivity index (χ0v) is 10.8. The van der Waals surface area contributed by atoms with Crippen molar-refractivity contribution in [3.63, 3.8) is 0 Å². The van der Waals surface area contributed by atoms with Crippen molar-refractivity contribution in [3.05, 3.63) is 0 Å². The number of nitrogens with zero attached hydrogens (tertiary/aromatic N) is 1. The molecule has 0 radical (unpaired) electrons. The van der Waals surface area contributed by atoms with Crippen molar-refractivity contribution < 1.29 is 23.1 Å². The van der Waals surface area contributed by atoms with Gasteiger partial charge in [-0.15, -0.1) is 0 Å². The molecule has 1 fully saturated rings. The quantitative estimate of drug-likeness (QED) is 0.832. The Morgan fingerprint density at radius 2 is 1.94 bits per heavy atom. The molecule has 106 valence electrons.